The smallest absolute Gasteiger partial charge is 0.166 e. The van der Waals surface area contributed by atoms with E-state index in [4.69, 9.17) is 0 Å². The Morgan fingerprint density at radius 1 is 0.167 bits per heavy atom. The van der Waals surface area contributed by atoms with Crippen LogP contribution in [0.15, 0.2) is 146 Å². The van der Waals surface area contributed by atoms with Crippen LogP contribution in [0.3, 0.4) is 0 Å². The Bertz CT molecular complexity index is 4380. The van der Waals surface area contributed by atoms with Crippen molar-refractivity contribution >= 4 is 162 Å². The van der Waals surface area contributed by atoms with Gasteiger partial charge in [-0.25, -0.2) is 0 Å². The number of hydrogen-bond donors (Lipinski definition) is 6. The van der Waals surface area contributed by atoms with E-state index in [1.165, 1.54) is 0 Å². The van der Waals surface area contributed by atoms with E-state index in [9.17, 15) is 30.6 Å². The van der Waals surface area contributed by atoms with E-state index < -0.39 is 0 Å². The van der Waals surface area contributed by atoms with Gasteiger partial charge in [0.1, 0.15) is 0 Å². The van der Waals surface area contributed by atoms with E-state index in [1.54, 1.807) is 0 Å². The Morgan fingerprint density at radius 3 is 0.455 bits per heavy atom. The summed E-state index contributed by atoms with van der Waals surface area (Å²) in [6.45, 7) is 0. The second-order valence-corrected chi connectivity index (χ2v) is 18.5. The quantitative estimate of drug-likeness (QED) is 0.0668. The molecule has 6 nitrogen and oxygen atoms in total. The summed E-state index contributed by atoms with van der Waals surface area (Å²) in [5, 5.41) is 94.8. The van der Waals surface area contributed by atoms with Crippen LogP contribution in [-0.4, -0.2) is 30.6 Å². The van der Waals surface area contributed by atoms with E-state index in [2.05, 4.69) is 121 Å². The second-order valence-electron chi connectivity index (χ2n) is 18.5. The predicted molar refractivity (Wildman–Crippen MR) is 273 cm³/mol. The first-order valence-electron chi connectivity index (χ1n) is 22.0. The molecule has 0 radical (unpaired) electrons. The van der Waals surface area contributed by atoms with Crippen LogP contribution in [0.25, 0.3) is 162 Å². The van der Waals surface area contributed by atoms with E-state index in [0.717, 1.165) is 129 Å². The van der Waals surface area contributed by atoms with Gasteiger partial charge in [-0.3, -0.25) is 0 Å². The maximum Gasteiger partial charge on any atom is 0.166 e. The number of phenolic OH excluding ortho intramolecular Hbond substituents is 6. The van der Waals surface area contributed by atoms with Crippen LogP contribution < -0.4 is 0 Å². The molecule has 0 unspecified atom stereocenters. The highest BCUT2D eigenvalue weighted by Gasteiger charge is 2.26. The van der Waals surface area contributed by atoms with Crippen molar-refractivity contribution in [3.63, 3.8) is 0 Å². The van der Waals surface area contributed by atoms with E-state index in [1.807, 2.05) is 24.3 Å². The molecule has 306 valence electrons. The zero-order valence-electron chi connectivity index (χ0n) is 34.5. The Kier molecular flexibility index (Phi) is 5.85. The minimum absolute atomic E-state index is 0.110. The average molecular weight is 847 g/mol. The van der Waals surface area contributed by atoms with Crippen molar-refractivity contribution in [3.05, 3.63) is 146 Å². The van der Waals surface area contributed by atoms with Gasteiger partial charge in [0.2, 0.25) is 0 Å². The zero-order chi connectivity index (χ0) is 43.8. The Morgan fingerprint density at radius 2 is 0.303 bits per heavy atom. The fourth-order valence-electron chi connectivity index (χ4n) is 12.3. The van der Waals surface area contributed by atoms with E-state index in [0.29, 0.717) is 32.3 Å². The van der Waals surface area contributed by atoms with Crippen LogP contribution in [0, 0.1) is 0 Å². The number of fused-ring (bicyclic) bond motifs is 9. The first-order valence-corrected chi connectivity index (χ1v) is 22.0. The monoisotopic (exact) mass is 846 g/mol. The maximum absolute atomic E-state index is 11.7. The molecule has 19 aromatic carbocycles. The summed E-state index contributed by atoms with van der Waals surface area (Å²) in [5.41, 5.74) is 0. The molecule has 19 aromatic rings. The molecular formula is C60H30O6. The molecule has 0 aliphatic heterocycles. The van der Waals surface area contributed by atoms with Crippen molar-refractivity contribution in [2.24, 2.45) is 0 Å². The number of aromatic hydroxyl groups is 6. The minimum atomic E-state index is -0.149. The number of phenols is 12. The molecule has 0 aliphatic rings. The molecule has 0 heterocycles. The summed E-state index contributed by atoms with van der Waals surface area (Å²) < 4.78 is 0. The van der Waals surface area contributed by atoms with Gasteiger partial charge in [0, 0.05) is 32.3 Å². The van der Waals surface area contributed by atoms with Gasteiger partial charge in [-0.05, 0) is 226 Å². The van der Waals surface area contributed by atoms with Gasteiger partial charge in [0.25, 0.3) is 0 Å². The van der Waals surface area contributed by atoms with Crippen LogP contribution in [0.4, 0.5) is 0 Å². The Labute approximate surface area is 370 Å². The van der Waals surface area contributed by atoms with E-state index in [-0.39, 0.29) is 34.5 Å². The van der Waals surface area contributed by atoms with Crippen molar-refractivity contribution in [2.45, 2.75) is 0 Å². The van der Waals surface area contributed by atoms with Gasteiger partial charge in [0.15, 0.2) is 34.5 Å². The molecule has 19 rings (SSSR count). The normalized spacial score (nSPS) is 12.9. The molecule has 6 bridgehead atoms. The van der Waals surface area contributed by atoms with Gasteiger partial charge in [-0.15, -0.1) is 0 Å². The van der Waals surface area contributed by atoms with Crippen molar-refractivity contribution in [3.8, 4) is 34.5 Å². The van der Waals surface area contributed by atoms with Crippen LogP contribution >= 0.6 is 0 Å². The molecular weight excluding hydrogens is 817 g/mol. The fraction of sp³-hybridized carbons (Fsp3) is 0. The maximum atomic E-state index is 11.7. The summed E-state index contributed by atoms with van der Waals surface area (Å²) in [4.78, 5) is 0. The first kappa shape index (κ1) is 34.5. The molecule has 66 heavy (non-hydrogen) atoms. The first-order chi connectivity index (χ1) is 32.2. The summed E-state index contributed by atoms with van der Waals surface area (Å²) >= 11 is 0. The summed E-state index contributed by atoms with van der Waals surface area (Å²) in [6, 6.07) is 50.0. The topological polar surface area (TPSA) is 121 Å². The molecule has 0 aliphatic carbocycles. The lowest BCUT2D eigenvalue weighted by Gasteiger charge is -2.20. The number of benzene rings is 19. The Balaban J connectivity index is 0.941. The summed E-state index contributed by atoms with van der Waals surface area (Å²) in [5.74, 6) is -0.740. The lowest BCUT2D eigenvalue weighted by atomic mass is 9.85. The third-order valence-corrected chi connectivity index (χ3v) is 15.2. The molecule has 6 N–H and O–H groups in total. The Hall–Kier alpha value is -9.00. The highest BCUT2D eigenvalue weighted by atomic mass is 16.3. The van der Waals surface area contributed by atoms with Crippen molar-refractivity contribution in [1.82, 2.24) is 0 Å². The highest BCUT2D eigenvalue weighted by Crippen LogP contribution is 2.55. The SMILES string of the molecule is Oc1c(O)c2c3cc4ccccc4cc3c1c1cc3cc4cc5c(cc4cc3cc12)c1c(O)c(O)c5c2cc3cc4cc5c(cc4cc3cc21)c1c(O)c(O)c5c2cc3ccccc3cc21. The molecule has 0 amide bonds. The third-order valence-electron chi connectivity index (χ3n) is 15.2. The highest BCUT2D eigenvalue weighted by molar-refractivity contribution is 6.38. The lowest BCUT2D eigenvalue weighted by molar-refractivity contribution is 0.412. The van der Waals surface area contributed by atoms with Gasteiger partial charge in [-0.2, -0.15) is 0 Å². The van der Waals surface area contributed by atoms with Gasteiger partial charge >= 0.3 is 0 Å². The largest absolute Gasteiger partial charge is 0.504 e. The van der Waals surface area contributed by atoms with E-state index >= 15 is 0 Å². The second kappa shape index (κ2) is 11.2. The van der Waals surface area contributed by atoms with Gasteiger partial charge < -0.3 is 30.6 Å². The minimum Gasteiger partial charge on any atom is -0.504 e. The molecule has 6 heteroatoms. The fourth-order valence-corrected chi connectivity index (χ4v) is 12.3. The standard InChI is InChI=1S/C60H30O6/c61-55-49-37-13-25-5-1-2-6-26(25)14-38(37)50(56(55)62)42-18-30-10-34-22-46-45(21-33(34)9-29(30)17-41(42)49)53-47-23-35-11-31-19-43-44(20-32(31)12-36(35)24-48(47)54(46)60(66)59(53)65)52-40-16-28-8-4-3-7-27(28)15-39(40)51(43)57(63)58(52)64/h1-24,61-66H. The van der Waals surface area contributed by atoms with Gasteiger partial charge in [-0.1, -0.05) is 48.5 Å². The zero-order valence-corrected chi connectivity index (χ0v) is 34.5. The molecule has 0 saturated carbocycles. The summed E-state index contributed by atoms with van der Waals surface area (Å²) in [6.07, 6.45) is 0. The average Bonchev–Trinajstić information content (AvgIpc) is 3.32. The third kappa shape index (κ3) is 3.97. The number of rotatable bonds is 0. The predicted octanol–water partition coefficient (Wildman–Crippen LogP) is 15.5. The summed E-state index contributed by atoms with van der Waals surface area (Å²) in [7, 11) is 0. The molecule has 0 fully saturated rings. The molecule has 0 aromatic heterocycles. The van der Waals surface area contributed by atoms with Gasteiger partial charge in [0.05, 0.1) is 0 Å². The van der Waals surface area contributed by atoms with Crippen LogP contribution in [0.2, 0.25) is 0 Å². The molecule has 0 atom stereocenters. The van der Waals surface area contributed by atoms with Crippen molar-refractivity contribution < 1.29 is 30.6 Å². The number of hydrogen-bond acceptors (Lipinski definition) is 6. The van der Waals surface area contributed by atoms with Crippen molar-refractivity contribution in [2.75, 3.05) is 0 Å². The van der Waals surface area contributed by atoms with Crippen LogP contribution in [0.1, 0.15) is 0 Å². The lowest BCUT2D eigenvalue weighted by Crippen LogP contribution is -1.91. The van der Waals surface area contributed by atoms with Crippen LogP contribution in [-0.2, 0) is 0 Å². The molecule has 0 spiro atoms. The molecule has 0 saturated heterocycles. The van der Waals surface area contributed by atoms with Crippen molar-refractivity contribution in [1.29, 1.82) is 0 Å². The van der Waals surface area contributed by atoms with Crippen LogP contribution in [0.5, 0.6) is 34.5 Å².